The first-order valence-corrected chi connectivity index (χ1v) is 10.3. The Kier molecular flexibility index (Phi) is 8.67. The standard InChI is InChI=1S/C20H20Cl2N2OS.BrH/c1-2-14-4-7-16(8-5-14)24(20-23-10-3-11-26-20)13-19(25)17-9-6-15(21)12-18(17)22;/h4-9,12H,2-3,10-11,13H2,1H3;1H. The molecule has 0 amide bonds. The van der Waals surface area contributed by atoms with Crippen molar-refractivity contribution < 1.29 is 4.79 Å². The Bertz CT molecular complexity index is 827. The fourth-order valence-electron chi connectivity index (χ4n) is 2.74. The maximum absolute atomic E-state index is 12.9. The summed E-state index contributed by atoms with van der Waals surface area (Å²) in [7, 11) is 0. The van der Waals surface area contributed by atoms with Gasteiger partial charge in [0.15, 0.2) is 11.0 Å². The summed E-state index contributed by atoms with van der Waals surface area (Å²) in [4.78, 5) is 19.5. The van der Waals surface area contributed by atoms with Crippen molar-refractivity contribution in [2.24, 2.45) is 4.99 Å². The molecule has 0 aromatic heterocycles. The number of rotatable bonds is 5. The monoisotopic (exact) mass is 486 g/mol. The van der Waals surface area contributed by atoms with Crippen LogP contribution < -0.4 is 4.90 Å². The quantitative estimate of drug-likeness (QED) is 0.462. The second-order valence-corrected chi connectivity index (χ2v) is 7.93. The van der Waals surface area contributed by atoms with E-state index >= 15 is 0 Å². The zero-order chi connectivity index (χ0) is 18.5. The van der Waals surface area contributed by atoms with Crippen molar-refractivity contribution in [1.29, 1.82) is 0 Å². The van der Waals surface area contributed by atoms with Crippen molar-refractivity contribution in [3.05, 3.63) is 63.6 Å². The largest absolute Gasteiger partial charge is 0.313 e. The summed E-state index contributed by atoms with van der Waals surface area (Å²) in [5.74, 6) is 0.957. The third kappa shape index (κ3) is 5.74. The molecule has 0 unspecified atom stereocenters. The molecule has 0 aliphatic carbocycles. The maximum Gasteiger partial charge on any atom is 0.184 e. The number of aryl methyl sites for hydroxylation is 1. The first kappa shape index (κ1) is 22.3. The minimum Gasteiger partial charge on any atom is -0.313 e. The molecule has 1 aliphatic rings. The smallest absolute Gasteiger partial charge is 0.184 e. The summed E-state index contributed by atoms with van der Waals surface area (Å²) >= 11 is 13.9. The molecule has 2 aromatic carbocycles. The molecule has 3 nitrogen and oxygen atoms in total. The Hall–Kier alpha value is -1.01. The number of hydrogen-bond donors (Lipinski definition) is 0. The molecule has 0 bridgehead atoms. The minimum absolute atomic E-state index is 0. The van der Waals surface area contributed by atoms with Gasteiger partial charge in [-0.05, 0) is 48.7 Å². The van der Waals surface area contributed by atoms with Crippen LogP contribution in [0, 0.1) is 0 Å². The number of aliphatic imine (C=N–C) groups is 1. The van der Waals surface area contributed by atoms with Crippen molar-refractivity contribution in [3.8, 4) is 0 Å². The molecule has 0 atom stereocenters. The van der Waals surface area contributed by atoms with E-state index in [1.54, 1.807) is 30.0 Å². The van der Waals surface area contributed by atoms with Crippen LogP contribution in [0.25, 0.3) is 0 Å². The average molecular weight is 488 g/mol. The van der Waals surface area contributed by atoms with Crippen LogP contribution in [0.4, 0.5) is 5.69 Å². The molecule has 0 saturated heterocycles. The molecular formula is C20H21BrCl2N2OS. The fraction of sp³-hybridized carbons (Fsp3) is 0.300. The number of carbonyl (C=O) groups excluding carboxylic acids is 1. The predicted molar refractivity (Wildman–Crippen MR) is 124 cm³/mol. The van der Waals surface area contributed by atoms with E-state index in [0.717, 1.165) is 36.0 Å². The van der Waals surface area contributed by atoms with Crippen molar-refractivity contribution >= 4 is 68.6 Å². The molecule has 0 fully saturated rings. The molecule has 144 valence electrons. The van der Waals surface area contributed by atoms with Crippen LogP contribution in [0.3, 0.4) is 0 Å². The van der Waals surface area contributed by atoms with Crippen LogP contribution >= 0.6 is 51.9 Å². The van der Waals surface area contributed by atoms with E-state index in [4.69, 9.17) is 23.2 Å². The van der Waals surface area contributed by atoms with Crippen LogP contribution in [0.5, 0.6) is 0 Å². The van der Waals surface area contributed by atoms with Gasteiger partial charge in [0.2, 0.25) is 0 Å². The highest BCUT2D eigenvalue weighted by molar-refractivity contribution is 8.93. The lowest BCUT2D eigenvalue weighted by molar-refractivity contribution is 0.100. The van der Waals surface area contributed by atoms with Crippen LogP contribution in [-0.2, 0) is 6.42 Å². The summed E-state index contributed by atoms with van der Waals surface area (Å²) in [6, 6.07) is 13.3. The Morgan fingerprint density at radius 2 is 1.93 bits per heavy atom. The molecule has 0 radical (unpaired) electrons. The van der Waals surface area contributed by atoms with E-state index in [1.165, 1.54) is 5.56 Å². The number of halogens is 3. The molecular weight excluding hydrogens is 467 g/mol. The minimum atomic E-state index is -0.0555. The number of Topliss-reactive ketones (excluding diaryl/α,β-unsaturated/α-hetero) is 1. The Morgan fingerprint density at radius 1 is 1.19 bits per heavy atom. The fourth-order valence-corrected chi connectivity index (χ4v) is 4.22. The molecule has 0 N–H and O–H groups in total. The number of nitrogens with zero attached hydrogens (tertiary/aromatic N) is 2. The molecule has 27 heavy (non-hydrogen) atoms. The predicted octanol–water partition coefficient (Wildman–Crippen LogP) is 6.32. The molecule has 3 rings (SSSR count). The van der Waals surface area contributed by atoms with Crippen LogP contribution in [0.2, 0.25) is 10.0 Å². The van der Waals surface area contributed by atoms with Gasteiger partial charge >= 0.3 is 0 Å². The normalized spacial score (nSPS) is 13.5. The highest BCUT2D eigenvalue weighted by Gasteiger charge is 2.21. The SMILES string of the molecule is Br.CCc1ccc(N(CC(=O)c2ccc(Cl)cc2Cl)C2=NCCCS2)cc1. The van der Waals surface area contributed by atoms with Crippen LogP contribution in [0.1, 0.15) is 29.3 Å². The van der Waals surface area contributed by atoms with Gasteiger partial charge in [-0.3, -0.25) is 9.79 Å². The number of amidine groups is 1. The van der Waals surface area contributed by atoms with Crippen molar-refractivity contribution in [2.75, 3.05) is 23.7 Å². The first-order valence-electron chi connectivity index (χ1n) is 8.60. The lowest BCUT2D eigenvalue weighted by Gasteiger charge is -2.27. The lowest BCUT2D eigenvalue weighted by Crippen LogP contribution is -2.35. The van der Waals surface area contributed by atoms with Crippen LogP contribution in [0.15, 0.2) is 47.5 Å². The lowest BCUT2D eigenvalue weighted by atomic mass is 10.1. The molecule has 7 heteroatoms. The van der Waals surface area contributed by atoms with Crippen molar-refractivity contribution in [2.45, 2.75) is 19.8 Å². The molecule has 0 spiro atoms. The number of ketones is 1. The summed E-state index contributed by atoms with van der Waals surface area (Å²) < 4.78 is 0. The van der Waals surface area contributed by atoms with E-state index < -0.39 is 0 Å². The van der Waals surface area contributed by atoms with Gasteiger partial charge in [0.25, 0.3) is 0 Å². The highest BCUT2D eigenvalue weighted by Crippen LogP contribution is 2.26. The second-order valence-electron chi connectivity index (χ2n) is 6.02. The zero-order valence-electron chi connectivity index (χ0n) is 15.0. The summed E-state index contributed by atoms with van der Waals surface area (Å²) in [6.07, 6.45) is 2.04. The number of thioether (sulfide) groups is 1. The summed E-state index contributed by atoms with van der Waals surface area (Å²) in [6.45, 7) is 3.11. The number of hydrogen-bond acceptors (Lipinski definition) is 4. The zero-order valence-corrected chi connectivity index (χ0v) is 19.0. The third-order valence-corrected chi connectivity index (χ3v) is 5.85. The molecule has 1 aliphatic heterocycles. The van der Waals surface area contributed by atoms with E-state index in [1.807, 2.05) is 17.0 Å². The average Bonchev–Trinajstić information content (AvgIpc) is 2.67. The number of carbonyl (C=O) groups is 1. The van der Waals surface area contributed by atoms with E-state index in [-0.39, 0.29) is 29.3 Å². The van der Waals surface area contributed by atoms with Gasteiger partial charge < -0.3 is 4.90 Å². The van der Waals surface area contributed by atoms with Gasteiger partial charge in [0, 0.05) is 28.6 Å². The van der Waals surface area contributed by atoms with Gasteiger partial charge in [0.05, 0.1) is 11.6 Å². The van der Waals surface area contributed by atoms with Gasteiger partial charge in [-0.15, -0.1) is 17.0 Å². The van der Waals surface area contributed by atoms with E-state index in [0.29, 0.717) is 15.6 Å². The van der Waals surface area contributed by atoms with Crippen LogP contribution in [-0.4, -0.2) is 29.8 Å². The summed E-state index contributed by atoms with van der Waals surface area (Å²) in [5.41, 5.74) is 2.71. The van der Waals surface area contributed by atoms with Gasteiger partial charge in [-0.2, -0.15) is 0 Å². The highest BCUT2D eigenvalue weighted by atomic mass is 79.9. The van der Waals surface area contributed by atoms with Crippen molar-refractivity contribution in [1.82, 2.24) is 0 Å². The van der Waals surface area contributed by atoms with E-state index in [2.05, 4.69) is 24.0 Å². The second kappa shape index (κ2) is 10.5. The van der Waals surface area contributed by atoms with Crippen molar-refractivity contribution in [3.63, 3.8) is 0 Å². The molecule has 0 saturated carbocycles. The molecule has 2 aromatic rings. The first-order chi connectivity index (χ1) is 12.6. The Morgan fingerprint density at radius 3 is 2.52 bits per heavy atom. The Balaban J connectivity index is 0.00000261. The van der Waals surface area contributed by atoms with Gasteiger partial charge in [-0.1, -0.05) is 54.0 Å². The van der Waals surface area contributed by atoms with Gasteiger partial charge in [0.1, 0.15) is 0 Å². The van der Waals surface area contributed by atoms with Gasteiger partial charge in [-0.25, -0.2) is 0 Å². The topological polar surface area (TPSA) is 32.7 Å². The Labute approximate surface area is 184 Å². The maximum atomic E-state index is 12.9. The molecule has 1 heterocycles. The third-order valence-electron chi connectivity index (χ3n) is 4.20. The van der Waals surface area contributed by atoms with E-state index in [9.17, 15) is 4.79 Å². The summed E-state index contributed by atoms with van der Waals surface area (Å²) in [5, 5.41) is 1.78. The number of benzene rings is 2. The number of anilines is 1.